The van der Waals surface area contributed by atoms with Crippen LogP contribution < -0.4 is 0 Å². The summed E-state index contributed by atoms with van der Waals surface area (Å²) in [7, 11) is 1.73. The zero-order chi connectivity index (χ0) is 13.2. The summed E-state index contributed by atoms with van der Waals surface area (Å²) < 4.78 is 5.41. The first-order valence-corrected chi connectivity index (χ1v) is 6.91. The van der Waals surface area contributed by atoms with E-state index in [4.69, 9.17) is 4.74 Å². The van der Waals surface area contributed by atoms with Gasteiger partial charge in [-0.05, 0) is 36.3 Å². The predicted molar refractivity (Wildman–Crippen MR) is 73.7 cm³/mol. The van der Waals surface area contributed by atoms with Crippen molar-refractivity contribution in [2.45, 2.75) is 57.2 Å². The third-order valence-electron chi connectivity index (χ3n) is 4.13. The summed E-state index contributed by atoms with van der Waals surface area (Å²) in [4.78, 5) is 0. The average Bonchev–Trinajstić information content (AvgIpc) is 2.39. The molecule has 100 valence electrons. The Morgan fingerprint density at radius 3 is 2.50 bits per heavy atom. The molecule has 18 heavy (non-hydrogen) atoms. The van der Waals surface area contributed by atoms with Gasteiger partial charge in [0.15, 0.2) is 0 Å². The van der Waals surface area contributed by atoms with E-state index in [2.05, 4.69) is 38.1 Å². The predicted octanol–water partition coefficient (Wildman–Crippen LogP) is 3.59. The molecule has 1 fully saturated rings. The minimum Gasteiger partial charge on any atom is -0.385 e. The summed E-state index contributed by atoms with van der Waals surface area (Å²) in [6.45, 7) is 4.37. The standard InChI is InChI=1S/C16H24O2/c1-12(2)13-6-8-14(9-7-13)16(17)10-4-5-15(11-16)18-3/h6-9,12,15,17H,4-5,10-11H2,1-3H3. The number of rotatable bonds is 3. The zero-order valence-corrected chi connectivity index (χ0v) is 11.6. The molecule has 1 aliphatic rings. The molecule has 1 N–H and O–H groups in total. The molecule has 0 bridgehead atoms. The van der Waals surface area contributed by atoms with Crippen LogP contribution >= 0.6 is 0 Å². The first-order valence-electron chi connectivity index (χ1n) is 6.91. The van der Waals surface area contributed by atoms with Gasteiger partial charge in [0.2, 0.25) is 0 Å². The van der Waals surface area contributed by atoms with Gasteiger partial charge in [0.05, 0.1) is 11.7 Å². The van der Waals surface area contributed by atoms with Crippen molar-refractivity contribution in [1.29, 1.82) is 0 Å². The molecule has 2 atom stereocenters. The smallest absolute Gasteiger partial charge is 0.0921 e. The van der Waals surface area contributed by atoms with Gasteiger partial charge in [0.1, 0.15) is 0 Å². The van der Waals surface area contributed by atoms with Gasteiger partial charge in [-0.1, -0.05) is 38.1 Å². The zero-order valence-electron chi connectivity index (χ0n) is 11.6. The number of aliphatic hydroxyl groups is 1. The molecule has 0 saturated heterocycles. The number of benzene rings is 1. The van der Waals surface area contributed by atoms with E-state index in [1.54, 1.807) is 7.11 Å². The fourth-order valence-corrected chi connectivity index (χ4v) is 2.84. The van der Waals surface area contributed by atoms with Crippen LogP contribution in [0.4, 0.5) is 0 Å². The van der Waals surface area contributed by atoms with Gasteiger partial charge in [-0.2, -0.15) is 0 Å². The van der Waals surface area contributed by atoms with Gasteiger partial charge in [-0.25, -0.2) is 0 Å². The number of methoxy groups -OCH3 is 1. The van der Waals surface area contributed by atoms with Crippen molar-refractivity contribution in [3.63, 3.8) is 0 Å². The average molecular weight is 248 g/mol. The second-order valence-electron chi connectivity index (χ2n) is 5.76. The van der Waals surface area contributed by atoms with E-state index in [1.807, 2.05) is 0 Å². The highest BCUT2D eigenvalue weighted by atomic mass is 16.5. The lowest BCUT2D eigenvalue weighted by Gasteiger charge is -2.36. The van der Waals surface area contributed by atoms with Crippen LogP contribution in [0.25, 0.3) is 0 Å². The van der Waals surface area contributed by atoms with Crippen molar-refractivity contribution < 1.29 is 9.84 Å². The van der Waals surface area contributed by atoms with Crippen molar-refractivity contribution in [3.8, 4) is 0 Å². The first kappa shape index (κ1) is 13.6. The lowest BCUT2D eigenvalue weighted by molar-refractivity contribution is -0.0631. The third kappa shape index (κ3) is 2.76. The summed E-state index contributed by atoms with van der Waals surface area (Å²) in [5.41, 5.74) is 1.66. The largest absolute Gasteiger partial charge is 0.385 e. The molecule has 2 unspecified atom stereocenters. The molecule has 2 rings (SSSR count). The molecule has 0 amide bonds. The molecule has 2 nitrogen and oxygen atoms in total. The summed E-state index contributed by atoms with van der Waals surface area (Å²) in [5, 5.41) is 10.8. The Morgan fingerprint density at radius 2 is 1.94 bits per heavy atom. The molecule has 0 aromatic heterocycles. The Bertz CT molecular complexity index is 383. The summed E-state index contributed by atoms with van der Waals surface area (Å²) in [6.07, 6.45) is 3.83. The number of ether oxygens (including phenoxy) is 1. The van der Waals surface area contributed by atoms with Gasteiger partial charge < -0.3 is 9.84 Å². The van der Waals surface area contributed by atoms with E-state index in [9.17, 15) is 5.11 Å². The maximum atomic E-state index is 10.8. The maximum Gasteiger partial charge on any atom is 0.0921 e. The summed E-state index contributed by atoms with van der Waals surface area (Å²) in [6, 6.07) is 8.42. The highest BCUT2D eigenvalue weighted by Gasteiger charge is 2.35. The van der Waals surface area contributed by atoms with Crippen LogP contribution in [0.15, 0.2) is 24.3 Å². The SMILES string of the molecule is COC1CCCC(O)(c2ccc(C(C)C)cc2)C1. The molecular formula is C16H24O2. The van der Waals surface area contributed by atoms with E-state index < -0.39 is 5.60 Å². The normalized spacial score (nSPS) is 28.6. The monoisotopic (exact) mass is 248 g/mol. The van der Waals surface area contributed by atoms with E-state index in [-0.39, 0.29) is 6.10 Å². The fourth-order valence-electron chi connectivity index (χ4n) is 2.84. The van der Waals surface area contributed by atoms with Gasteiger partial charge in [0.25, 0.3) is 0 Å². The topological polar surface area (TPSA) is 29.5 Å². The van der Waals surface area contributed by atoms with E-state index >= 15 is 0 Å². The van der Waals surface area contributed by atoms with E-state index in [1.165, 1.54) is 5.56 Å². The summed E-state index contributed by atoms with van der Waals surface area (Å²) >= 11 is 0. The molecule has 1 aromatic rings. The third-order valence-corrected chi connectivity index (χ3v) is 4.13. The van der Waals surface area contributed by atoms with Gasteiger partial charge >= 0.3 is 0 Å². The number of hydrogen-bond acceptors (Lipinski definition) is 2. The fraction of sp³-hybridized carbons (Fsp3) is 0.625. The molecular weight excluding hydrogens is 224 g/mol. The molecule has 0 radical (unpaired) electrons. The van der Waals surface area contributed by atoms with Crippen molar-refractivity contribution in [1.82, 2.24) is 0 Å². The maximum absolute atomic E-state index is 10.8. The molecule has 0 aliphatic heterocycles. The van der Waals surface area contributed by atoms with Crippen LogP contribution in [0.5, 0.6) is 0 Å². The minimum absolute atomic E-state index is 0.188. The summed E-state index contributed by atoms with van der Waals surface area (Å²) in [5.74, 6) is 0.534. The Balaban J connectivity index is 2.18. The Hall–Kier alpha value is -0.860. The van der Waals surface area contributed by atoms with E-state index in [0.717, 1.165) is 24.8 Å². The van der Waals surface area contributed by atoms with Gasteiger partial charge in [0, 0.05) is 13.5 Å². The Morgan fingerprint density at radius 1 is 1.28 bits per heavy atom. The van der Waals surface area contributed by atoms with Crippen LogP contribution in [-0.2, 0) is 10.3 Å². The van der Waals surface area contributed by atoms with Crippen LogP contribution in [-0.4, -0.2) is 18.3 Å². The molecule has 1 aromatic carbocycles. The van der Waals surface area contributed by atoms with Crippen LogP contribution in [0.1, 0.15) is 56.6 Å². The van der Waals surface area contributed by atoms with Crippen molar-refractivity contribution >= 4 is 0 Å². The lowest BCUT2D eigenvalue weighted by Crippen LogP contribution is -2.35. The van der Waals surface area contributed by atoms with E-state index in [0.29, 0.717) is 12.3 Å². The second kappa shape index (κ2) is 5.41. The first-order chi connectivity index (χ1) is 8.55. The van der Waals surface area contributed by atoms with Crippen LogP contribution in [0.3, 0.4) is 0 Å². The number of hydrogen-bond donors (Lipinski definition) is 1. The quantitative estimate of drug-likeness (QED) is 0.886. The molecule has 1 aliphatic carbocycles. The lowest BCUT2D eigenvalue weighted by atomic mass is 9.78. The van der Waals surface area contributed by atoms with Gasteiger partial charge in [-0.15, -0.1) is 0 Å². The van der Waals surface area contributed by atoms with Crippen LogP contribution in [0, 0.1) is 0 Å². The second-order valence-corrected chi connectivity index (χ2v) is 5.76. The van der Waals surface area contributed by atoms with Gasteiger partial charge in [-0.3, -0.25) is 0 Å². The van der Waals surface area contributed by atoms with Crippen molar-refractivity contribution in [2.24, 2.45) is 0 Å². The minimum atomic E-state index is -0.700. The highest BCUT2D eigenvalue weighted by Crippen LogP contribution is 2.38. The van der Waals surface area contributed by atoms with Crippen molar-refractivity contribution in [2.75, 3.05) is 7.11 Å². The molecule has 2 heteroatoms. The van der Waals surface area contributed by atoms with Crippen LogP contribution in [0.2, 0.25) is 0 Å². The Kier molecular flexibility index (Phi) is 4.08. The van der Waals surface area contributed by atoms with Crippen molar-refractivity contribution in [3.05, 3.63) is 35.4 Å². The molecule has 1 saturated carbocycles. The highest BCUT2D eigenvalue weighted by molar-refractivity contribution is 5.29. The Labute approximate surface area is 110 Å². The molecule has 0 spiro atoms. The molecule has 0 heterocycles.